The summed E-state index contributed by atoms with van der Waals surface area (Å²) in [6.07, 6.45) is 8.63. The number of esters is 1. The van der Waals surface area contributed by atoms with Crippen LogP contribution < -0.4 is 10.6 Å². The van der Waals surface area contributed by atoms with E-state index in [1.54, 1.807) is 0 Å². The van der Waals surface area contributed by atoms with Gasteiger partial charge in [-0.25, -0.2) is 9.78 Å². The van der Waals surface area contributed by atoms with Crippen molar-refractivity contribution in [2.75, 3.05) is 17.7 Å². The number of rotatable bonds is 5. The third kappa shape index (κ3) is 6.33. The van der Waals surface area contributed by atoms with Crippen molar-refractivity contribution in [3.63, 3.8) is 0 Å². The monoisotopic (exact) mass is 633 g/mol. The average molecular weight is 634 g/mol. The first-order chi connectivity index (χ1) is 22.1. The number of methoxy groups -OCH3 is 1. The maximum Gasteiger partial charge on any atom is 0.337 e. The summed E-state index contributed by atoms with van der Waals surface area (Å²) in [5, 5.41) is 9.71. The zero-order chi connectivity index (χ0) is 30.8. The van der Waals surface area contributed by atoms with Crippen molar-refractivity contribution in [1.82, 2.24) is 15.0 Å². The second-order valence-electron chi connectivity index (χ2n) is 12.1. The number of pyridine rings is 1. The topological polar surface area (TPSA) is 94.8 Å². The molecule has 0 spiro atoms. The zero-order valence-electron chi connectivity index (χ0n) is 26.2. The van der Waals surface area contributed by atoms with Gasteiger partial charge in [0, 0.05) is 45.1 Å². The Morgan fingerprint density at radius 1 is 0.783 bits per heavy atom. The lowest BCUT2D eigenvalue weighted by molar-refractivity contribution is 0.0601. The number of nitrogens with one attached hydrogen (secondary N) is 4. The molecule has 0 fully saturated rings. The first kappa shape index (κ1) is 31.2. The Hall–Kier alpha value is -4.75. The Balaban J connectivity index is 0.000000159. The van der Waals surface area contributed by atoms with Crippen molar-refractivity contribution >= 4 is 51.7 Å². The van der Waals surface area contributed by atoms with Crippen LogP contribution in [0.15, 0.2) is 91.1 Å². The van der Waals surface area contributed by atoms with Crippen molar-refractivity contribution in [3.05, 3.63) is 125 Å². The number of nitrogens with zero attached hydrogens (tertiary/aromatic N) is 1. The van der Waals surface area contributed by atoms with Gasteiger partial charge in [-0.1, -0.05) is 35.9 Å². The maximum atomic E-state index is 11.8. The van der Waals surface area contributed by atoms with Gasteiger partial charge in [-0.2, -0.15) is 0 Å². The Kier molecular flexibility index (Phi) is 9.31. The van der Waals surface area contributed by atoms with E-state index < -0.39 is 0 Å². The van der Waals surface area contributed by atoms with Crippen LogP contribution in [-0.4, -0.2) is 28.0 Å². The van der Waals surface area contributed by atoms with Crippen molar-refractivity contribution in [2.24, 2.45) is 0 Å². The smallest absolute Gasteiger partial charge is 0.337 e. The first-order valence-electron chi connectivity index (χ1n) is 15.9. The molecule has 46 heavy (non-hydrogen) atoms. The van der Waals surface area contributed by atoms with Gasteiger partial charge >= 0.3 is 5.97 Å². The lowest BCUT2D eigenvalue weighted by Gasteiger charge is -2.24. The summed E-state index contributed by atoms with van der Waals surface area (Å²) in [4.78, 5) is 23.4. The van der Waals surface area contributed by atoms with Crippen LogP contribution in [0, 0.1) is 6.92 Å². The third-order valence-corrected chi connectivity index (χ3v) is 9.09. The lowest BCUT2D eigenvalue weighted by Crippen LogP contribution is -2.17. The molecule has 0 amide bonds. The summed E-state index contributed by atoms with van der Waals surface area (Å²) >= 11 is 0. The highest BCUT2D eigenvalue weighted by molar-refractivity contribution is 5.96. The van der Waals surface area contributed by atoms with E-state index in [2.05, 4.69) is 62.8 Å². The van der Waals surface area contributed by atoms with Gasteiger partial charge in [0.25, 0.3) is 0 Å². The van der Waals surface area contributed by atoms with E-state index in [4.69, 9.17) is 4.74 Å². The number of aryl methyl sites for hydroxylation is 3. The second kappa shape index (κ2) is 13.7. The largest absolute Gasteiger partial charge is 0.465 e. The lowest BCUT2D eigenvalue weighted by atomic mass is 9.91. The highest BCUT2D eigenvalue weighted by Crippen LogP contribution is 2.38. The third-order valence-electron chi connectivity index (χ3n) is 9.09. The van der Waals surface area contributed by atoms with Gasteiger partial charge < -0.3 is 25.3 Å². The number of hydrogen-bond acceptors (Lipinski definition) is 5. The maximum absolute atomic E-state index is 11.8. The van der Waals surface area contributed by atoms with E-state index >= 15 is 0 Å². The van der Waals surface area contributed by atoms with Crippen molar-refractivity contribution in [1.29, 1.82) is 0 Å². The molecule has 2 aliphatic carbocycles. The molecule has 4 N–H and O–H groups in total. The number of halogens is 1. The molecule has 2 aliphatic rings. The van der Waals surface area contributed by atoms with E-state index in [9.17, 15) is 4.79 Å². The number of H-pyrrole nitrogens is 2. The summed E-state index contributed by atoms with van der Waals surface area (Å²) in [7, 11) is 1.42. The minimum absolute atomic E-state index is 0. The number of ether oxygens (including phenoxy) is 1. The van der Waals surface area contributed by atoms with Crippen LogP contribution >= 0.6 is 12.4 Å². The number of aromatic amines is 2. The van der Waals surface area contributed by atoms with Gasteiger partial charge in [-0.05, 0) is 111 Å². The van der Waals surface area contributed by atoms with Crippen molar-refractivity contribution < 1.29 is 9.53 Å². The number of hydrogen-bond donors (Lipinski definition) is 4. The summed E-state index contributed by atoms with van der Waals surface area (Å²) in [6, 6.07) is 29.3. The van der Waals surface area contributed by atoms with Gasteiger partial charge in [-0.3, -0.25) is 0 Å². The van der Waals surface area contributed by atoms with Crippen molar-refractivity contribution in [2.45, 2.75) is 57.5 Å². The van der Waals surface area contributed by atoms with E-state index in [0.29, 0.717) is 11.6 Å². The van der Waals surface area contributed by atoms with Crippen LogP contribution in [0.2, 0.25) is 0 Å². The molecule has 236 valence electrons. The summed E-state index contributed by atoms with van der Waals surface area (Å²) < 4.78 is 4.84. The number of carbonyl (C=O) groups excluding carboxylic acids is 1. The van der Waals surface area contributed by atoms with E-state index in [-0.39, 0.29) is 24.4 Å². The van der Waals surface area contributed by atoms with Gasteiger partial charge in [0.05, 0.1) is 24.8 Å². The van der Waals surface area contributed by atoms with Gasteiger partial charge in [-0.15, -0.1) is 12.4 Å². The Labute approximate surface area is 275 Å². The number of carbonyl (C=O) groups is 1. The zero-order valence-corrected chi connectivity index (χ0v) is 27.0. The molecule has 3 aromatic carbocycles. The van der Waals surface area contributed by atoms with E-state index in [1.165, 1.54) is 58.9 Å². The first-order valence-corrected chi connectivity index (χ1v) is 15.9. The highest BCUT2D eigenvalue weighted by Gasteiger charge is 2.26. The normalized spacial score (nSPS) is 16.7. The number of anilines is 2. The van der Waals surface area contributed by atoms with E-state index in [1.807, 2.05) is 60.8 Å². The van der Waals surface area contributed by atoms with Crippen LogP contribution in [0.25, 0.3) is 21.8 Å². The molecule has 2 unspecified atom stereocenters. The van der Waals surface area contributed by atoms with Crippen LogP contribution in [0.1, 0.15) is 76.2 Å². The molecule has 8 heteroatoms. The minimum Gasteiger partial charge on any atom is -0.465 e. The average Bonchev–Trinajstić information content (AvgIpc) is 3.65. The van der Waals surface area contributed by atoms with Crippen molar-refractivity contribution in [3.8, 4) is 0 Å². The Morgan fingerprint density at radius 3 is 2.07 bits per heavy atom. The minimum atomic E-state index is -0.290. The van der Waals surface area contributed by atoms with Crippen LogP contribution in [-0.2, 0) is 17.6 Å². The molecule has 3 aromatic heterocycles. The summed E-state index contributed by atoms with van der Waals surface area (Å²) in [6.45, 7) is 2.16. The van der Waals surface area contributed by atoms with Crippen LogP contribution in [0.4, 0.5) is 11.5 Å². The van der Waals surface area contributed by atoms with Crippen LogP contribution in [0.3, 0.4) is 0 Å². The predicted molar refractivity (Wildman–Crippen MR) is 189 cm³/mol. The van der Waals surface area contributed by atoms with Gasteiger partial charge in [0.2, 0.25) is 0 Å². The van der Waals surface area contributed by atoms with Gasteiger partial charge in [0.1, 0.15) is 5.82 Å². The summed E-state index contributed by atoms with van der Waals surface area (Å²) in [5.74, 6) is 0.659. The number of fused-ring (bicyclic) bond motifs is 6. The standard InChI is InChI=1S/C20H20N2O2.C18H19N3.ClH/c1-24-20(23)13-10-11-17-16(12-13)15-8-5-9-18(19(15)22-17)21-14-6-3-2-4-7-14;1-12-8-9-15-14(11-12)13-5-4-6-16(18(13)21-15)20-17-7-2-3-10-19-17;/h2-4,6-7,10-12,18,21-22H,5,8-9H2,1H3;2-3,7-11,16,21H,4-6H2,1H3,(H,19,20);1H. The molecule has 3 heterocycles. The predicted octanol–water partition coefficient (Wildman–Crippen LogP) is 9.23. The molecular weight excluding hydrogens is 594 g/mol. The van der Waals surface area contributed by atoms with E-state index in [0.717, 1.165) is 48.1 Å². The Morgan fingerprint density at radius 2 is 1.41 bits per heavy atom. The molecule has 0 saturated carbocycles. The fourth-order valence-corrected chi connectivity index (χ4v) is 6.93. The fraction of sp³-hybridized carbons (Fsp3) is 0.263. The van der Waals surface area contributed by atoms with Gasteiger partial charge in [0.15, 0.2) is 0 Å². The molecule has 7 nitrogen and oxygen atoms in total. The highest BCUT2D eigenvalue weighted by atomic mass is 35.5. The SMILES string of the molecule is COC(=O)c1ccc2[nH]c3c(c2c1)CCCC3Nc1ccccc1.Cc1ccc2[nH]c3c(c2c1)CCCC3Nc1ccccn1.Cl. The van der Waals surface area contributed by atoms with Crippen LogP contribution in [0.5, 0.6) is 0 Å². The molecule has 0 radical (unpaired) electrons. The Bertz CT molecular complexity index is 1950. The second-order valence-corrected chi connectivity index (χ2v) is 12.1. The summed E-state index contributed by atoms with van der Waals surface area (Å²) in [5.41, 5.74) is 10.8. The fourth-order valence-electron chi connectivity index (χ4n) is 6.93. The molecule has 0 bridgehead atoms. The molecule has 8 rings (SSSR count). The molecule has 6 aromatic rings. The number of para-hydroxylation sites is 1. The number of benzene rings is 3. The molecule has 2 atom stereocenters. The molecular formula is C38H40ClN5O2. The molecule has 0 saturated heterocycles. The number of aromatic nitrogens is 3. The quantitative estimate of drug-likeness (QED) is 0.142. The molecule has 0 aliphatic heterocycles.